The molecule has 0 fully saturated rings. The minimum atomic E-state index is -4.53. The van der Waals surface area contributed by atoms with Crippen molar-refractivity contribution in [1.82, 2.24) is 25.1 Å². The summed E-state index contributed by atoms with van der Waals surface area (Å²) < 4.78 is 43.3. The van der Waals surface area contributed by atoms with Crippen LogP contribution in [0.25, 0.3) is 10.7 Å². The maximum atomic E-state index is 12.7. The molecule has 0 saturated heterocycles. The topological polar surface area (TPSA) is 77.1 Å². The zero-order chi connectivity index (χ0) is 17.9. The van der Waals surface area contributed by atoms with E-state index in [0.29, 0.717) is 10.7 Å². The number of tetrazole rings is 1. The van der Waals surface area contributed by atoms with Crippen LogP contribution in [0, 0.1) is 0 Å². The molecule has 0 bridgehead atoms. The number of thiophene rings is 1. The summed E-state index contributed by atoms with van der Waals surface area (Å²) in [7, 11) is 0. The molecule has 3 heterocycles. The number of halogens is 3. The Morgan fingerprint density at radius 2 is 2.16 bits per heavy atom. The molecular weight excluding hydrogens is 359 g/mol. The third-order valence-electron chi connectivity index (χ3n) is 3.12. The number of rotatable bonds is 6. The maximum Gasteiger partial charge on any atom is 0.406 e. The van der Waals surface area contributed by atoms with E-state index in [4.69, 9.17) is 4.42 Å². The summed E-state index contributed by atoms with van der Waals surface area (Å²) in [6.07, 6.45) is -3.20. The van der Waals surface area contributed by atoms with Crippen molar-refractivity contribution < 1.29 is 22.4 Å². The Hall–Kier alpha value is -2.69. The second-order valence-corrected chi connectivity index (χ2v) is 6.01. The number of hydrogen-bond donors (Lipinski definition) is 0. The fraction of sp³-hybridized carbons (Fsp3) is 0.286. The molecule has 3 aromatic rings. The van der Waals surface area contributed by atoms with Gasteiger partial charge in [0, 0.05) is 0 Å². The SMILES string of the molecule is O=C(Cn1nnc(-c2cccs2)n1)N(Cc1ccco1)CC(F)(F)F. The molecule has 11 heteroatoms. The molecule has 0 unspecified atom stereocenters. The Morgan fingerprint density at radius 1 is 1.32 bits per heavy atom. The van der Waals surface area contributed by atoms with Gasteiger partial charge in [-0.2, -0.15) is 18.0 Å². The van der Waals surface area contributed by atoms with Gasteiger partial charge in [0.05, 0.1) is 17.7 Å². The van der Waals surface area contributed by atoms with Crippen LogP contribution >= 0.6 is 11.3 Å². The summed E-state index contributed by atoms with van der Waals surface area (Å²) in [6, 6.07) is 6.62. The molecule has 3 aromatic heterocycles. The lowest BCUT2D eigenvalue weighted by Crippen LogP contribution is -2.40. The minimum Gasteiger partial charge on any atom is -0.467 e. The van der Waals surface area contributed by atoms with E-state index in [0.717, 1.165) is 9.67 Å². The largest absolute Gasteiger partial charge is 0.467 e. The maximum absolute atomic E-state index is 12.7. The molecule has 0 aliphatic heterocycles. The van der Waals surface area contributed by atoms with Crippen molar-refractivity contribution in [3.63, 3.8) is 0 Å². The van der Waals surface area contributed by atoms with E-state index in [1.165, 1.54) is 29.7 Å². The first-order valence-electron chi connectivity index (χ1n) is 7.09. The third-order valence-corrected chi connectivity index (χ3v) is 3.99. The normalized spacial score (nSPS) is 11.6. The standard InChI is InChI=1S/C14H12F3N5O2S/c15-14(16,17)9-21(7-10-3-1-5-24-10)12(23)8-22-19-13(18-20-22)11-4-2-6-25-11/h1-6H,7-9H2. The van der Waals surface area contributed by atoms with Crippen LogP contribution in [0.4, 0.5) is 13.2 Å². The Kier molecular flexibility index (Phi) is 4.83. The smallest absolute Gasteiger partial charge is 0.406 e. The van der Waals surface area contributed by atoms with Gasteiger partial charge in [-0.1, -0.05) is 6.07 Å². The fourth-order valence-electron chi connectivity index (χ4n) is 2.07. The number of hydrogen-bond acceptors (Lipinski definition) is 6. The highest BCUT2D eigenvalue weighted by atomic mass is 32.1. The number of amides is 1. The Morgan fingerprint density at radius 3 is 2.80 bits per heavy atom. The quantitative estimate of drug-likeness (QED) is 0.666. The van der Waals surface area contributed by atoms with Crippen LogP contribution in [0.1, 0.15) is 5.76 Å². The number of nitrogens with zero attached hydrogens (tertiary/aromatic N) is 5. The highest BCUT2D eigenvalue weighted by Crippen LogP contribution is 2.20. The average Bonchev–Trinajstić information content (AvgIpc) is 3.27. The lowest BCUT2D eigenvalue weighted by Gasteiger charge is -2.22. The molecule has 132 valence electrons. The number of aromatic nitrogens is 4. The van der Waals surface area contributed by atoms with E-state index >= 15 is 0 Å². The zero-order valence-corrected chi connectivity index (χ0v) is 13.5. The molecule has 3 rings (SSSR count). The van der Waals surface area contributed by atoms with Crippen molar-refractivity contribution in [1.29, 1.82) is 0 Å². The van der Waals surface area contributed by atoms with E-state index in [1.54, 1.807) is 12.1 Å². The minimum absolute atomic E-state index is 0.253. The number of alkyl halides is 3. The van der Waals surface area contributed by atoms with Gasteiger partial charge in [-0.3, -0.25) is 4.79 Å². The van der Waals surface area contributed by atoms with Gasteiger partial charge in [0.1, 0.15) is 18.8 Å². The number of carbonyl (C=O) groups excluding carboxylic acids is 1. The molecule has 0 saturated carbocycles. The molecular formula is C14H12F3N5O2S. The van der Waals surface area contributed by atoms with Crippen molar-refractivity contribution in [3.8, 4) is 10.7 Å². The van der Waals surface area contributed by atoms with Crippen LogP contribution in [0.3, 0.4) is 0 Å². The predicted molar refractivity (Wildman–Crippen MR) is 81.3 cm³/mol. The summed E-state index contributed by atoms with van der Waals surface area (Å²) in [4.78, 5) is 14.6. The van der Waals surface area contributed by atoms with Crippen molar-refractivity contribution >= 4 is 17.2 Å². The van der Waals surface area contributed by atoms with Gasteiger partial charge in [0.2, 0.25) is 11.7 Å². The second-order valence-electron chi connectivity index (χ2n) is 5.07. The lowest BCUT2D eigenvalue weighted by molar-refractivity contribution is -0.163. The monoisotopic (exact) mass is 371 g/mol. The highest BCUT2D eigenvalue weighted by Gasteiger charge is 2.33. The van der Waals surface area contributed by atoms with Crippen molar-refractivity contribution in [2.45, 2.75) is 19.3 Å². The van der Waals surface area contributed by atoms with Crippen LogP contribution in [0.15, 0.2) is 40.3 Å². The van der Waals surface area contributed by atoms with Gasteiger partial charge < -0.3 is 9.32 Å². The van der Waals surface area contributed by atoms with Crippen LogP contribution in [-0.4, -0.2) is 43.7 Å². The Labute approximate surface area is 143 Å². The van der Waals surface area contributed by atoms with E-state index < -0.39 is 25.2 Å². The average molecular weight is 371 g/mol. The van der Waals surface area contributed by atoms with E-state index in [1.807, 2.05) is 5.38 Å². The number of furan rings is 1. The van der Waals surface area contributed by atoms with Gasteiger partial charge in [-0.25, -0.2) is 0 Å². The molecule has 0 aromatic carbocycles. The summed E-state index contributed by atoms with van der Waals surface area (Å²) in [6.45, 7) is -2.13. The van der Waals surface area contributed by atoms with Gasteiger partial charge in [0.25, 0.3) is 0 Å². The van der Waals surface area contributed by atoms with Crippen LogP contribution in [-0.2, 0) is 17.9 Å². The Bertz CT molecular complexity index is 814. The van der Waals surface area contributed by atoms with Crippen molar-refractivity contribution in [2.24, 2.45) is 0 Å². The summed E-state index contributed by atoms with van der Waals surface area (Å²) in [5.74, 6) is -0.219. The van der Waals surface area contributed by atoms with Gasteiger partial charge in [-0.05, 0) is 28.8 Å². The molecule has 0 atom stereocenters. The summed E-state index contributed by atoms with van der Waals surface area (Å²) in [5, 5.41) is 13.4. The predicted octanol–water partition coefficient (Wildman–Crippen LogP) is 2.59. The van der Waals surface area contributed by atoms with Crippen molar-refractivity contribution in [3.05, 3.63) is 41.7 Å². The molecule has 0 radical (unpaired) electrons. The lowest BCUT2D eigenvalue weighted by atomic mass is 10.3. The number of carbonyl (C=O) groups is 1. The van der Waals surface area contributed by atoms with E-state index in [9.17, 15) is 18.0 Å². The zero-order valence-electron chi connectivity index (χ0n) is 12.7. The third kappa shape index (κ3) is 4.66. The second kappa shape index (κ2) is 7.05. The Balaban J connectivity index is 1.71. The van der Waals surface area contributed by atoms with Gasteiger partial charge >= 0.3 is 6.18 Å². The molecule has 1 amide bonds. The first-order chi connectivity index (χ1) is 11.9. The van der Waals surface area contributed by atoms with Gasteiger partial charge in [-0.15, -0.1) is 21.5 Å². The molecule has 25 heavy (non-hydrogen) atoms. The van der Waals surface area contributed by atoms with Crippen LogP contribution < -0.4 is 0 Å². The van der Waals surface area contributed by atoms with E-state index in [2.05, 4.69) is 15.4 Å². The van der Waals surface area contributed by atoms with Gasteiger partial charge in [0.15, 0.2) is 0 Å². The highest BCUT2D eigenvalue weighted by molar-refractivity contribution is 7.13. The van der Waals surface area contributed by atoms with Crippen molar-refractivity contribution in [2.75, 3.05) is 6.54 Å². The first kappa shape index (κ1) is 17.1. The summed E-state index contributed by atoms with van der Waals surface area (Å²) in [5.41, 5.74) is 0. The van der Waals surface area contributed by atoms with E-state index in [-0.39, 0.29) is 12.3 Å². The molecule has 0 N–H and O–H groups in total. The first-order valence-corrected chi connectivity index (χ1v) is 7.97. The molecule has 0 aliphatic carbocycles. The fourth-order valence-corrected chi connectivity index (χ4v) is 2.72. The van der Waals surface area contributed by atoms with Crippen LogP contribution in [0.5, 0.6) is 0 Å². The van der Waals surface area contributed by atoms with Crippen LogP contribution in [0.2, 0.25) is 0 Å². The molecule has 0 aliphatic rings. The molecule has 7 nitrogen and oxygen atoms in total. The summed E-state index contributed by atoms with van der Waals surface area (Å²) >= 11 is 1.39. The molecule has 0 spiro atoms.